The summed E-state index contributed by atoms with van der Waals surface area (Å²) in [6.45, 7) is 1.67. The normalized spacial score (nSPS) is 16.4. The SMILES string of the molecule is C[C@H](NC(=O)Cc1cccc(Oc2ccccc2)c1)C(=O)N[C@@H](C[C@]1(O)C(=O)Nc2ccccc21)C(=O)NCc1ccccc1. The van der Waals surface area contributed by atoms with Crippen molar-refractivity contribution in [1.29, 1.82) is 0 Å². The van der Waals surface area contributed by atoms with Crippen LogP contribution in [0.15, 0.2) is 109 Å². The molecule has 0 radical (unpaired) electrons. The minimum atomic E-state index is -2.06. The van der Waals surface area contributed by atoms with Gasteiger partial charge in [-0.15, -0.1) is 0 Å². The average molecular weight is 607 g/mol. The van der Waals surface area contributed by atoms with Gasteiger partial charge < -0.3 is 31.1 Å². The molecule has 0 saturated carbocycles. The van der Waals surface area contributed by atoms with E-state index >= 15 is 0 Å². The average Bonchev–Trinajstić information content (AvgIpc) is 3.29. The standard InChI is InChI=1S/C35H34N4O6/c1-23(37-31(40)20-25-13-10-16-27(19-25)45-26-14-6-3-7-15-26)32(41)38-30(33(42)36-22-24-11-4-2-5-12-24)21-35(44)28-17-8-9-18-29(28)39-34(35)43/h2-19,23,30,44H,20-22H2,1H3,(H,36,42)(H,37,40)(H,38,41)(H,39,43)/t23-,30-,35+/m0/s1. The Kier molecular flexibility index (Phi) is 9.54. The first-order valence-electron chi connectivity index (χ1n) is 14.6. The second kappa shape index (κ2) is 13.9. The van der Waals surface area contributed by atoms with E-state index in [1.807, 2.05) is 60.7 Å². The largest absolute Gasteiger partial charge is 0.457 e. The van der Waals surface area contributed by atoms with Gasteiger partial charge in [0.15, 0.2) is 5.60 Å². The van der Waals surface area contributed by atoms with Crippen molar-refractivity contribution in [2.24, 2.45) is 0 Å². The summed E-state index contributed by atoms with van der Waals surface area (Å²) in [5.74, 6) is -1.13. The number of carbonyl (C=O) groups excluding carboxylic acids is 4. The van der Waals surface area contributed by atoms with Crippen molar-refractivity contribution in [3.05, 3.63) is 126 Å². The first-order valence-corrected chi connectivity index (χ1v) is 14.6. The highest BCUT2D eigenvalue weighted by molar-refractivity contribution is 6.05. The van der Waals surface area contributed by atoms with E-state index in [1.165, 1.54) is 6.92 Å². The topological polar surface area (TPSA) is 146 Å². The Bertz CT molecular complexity index is 1680. The van der Waals surface area contributed by atoms with E-state index in [-0.39, 0.29) is 13.0 Å². The molecule has 1 heterocycles. The van der Waals surface area contributed by atoms with Gasteiger partial charge in [0.25, 0.3) is 5.91 Å². The molecular formula is C35H34N4O6. The number of carbonyl (C=O) groups is 4. The molecule has 0 spiro atoms. The van der Waals surface area contributed by atoms with Crippen LogP contribution in [-0.2, 0) is 37.7 Å². The summed E-state index contributed by atoms with van der Waals surface area (Å²) >= 11 is 0. The van der Waals surface area contributed by atoms with Crippen molar-refractivity contribution in [2.75, 3.05) is 5.32 Å². The number of hydrogen-bond acceptors (Lipinski definition) is 6. The Hall–Kier alpha value is -5.48. The molecular weight excluding hydrogens is 572 g/mol. The lowest BCUT2D eigenvalue weighted by Gasteiger charge is -2.28. The Morgan fingerprint density at radius 2 is 1.44 bits per heavy atom. The predicted molar refractivity (Wildman–Crippen MR) is 168 cm³/mol. The zero-order valence-electron chi connectivity index (χ0n) is 24.7. The summed E-state index contributed by atoms with van der Waals surface area (Å²) in [7, 11) is 0. The highest BCUT2D eigenvalue weighted by Crippen LogP contribution is 2.39. The first kappa shape index (κ1) is 31.0. The number of nitrogens with one attached hydrogen (secondary N) is 4. The Morgan fingerprint density at radius 1 is 0.800 bits per heavy atom. The molecule has 10 nitrogen and oxygen atoms in total. The second-order valence-electron chi connectivity index (χ2n) is 10.9. The third-order valence-electron chi connectivity index (χ3n) is 7.45. The fraction of sp³-hybridized carbons (Fsp3) is 0.200. The van der Waals surface area contributed by atoms with Crippen molar-refractivity contribution in [3.63, 3.8) is 0 Å². The molecule has 4 aromatic rings. The number of para-hydroxylation sites is 2. The molecule has 10 heteroatoms. The number of ether oxygens (including phenoxy) is 1. The number of hydrogen-bond donors (Lipinski definition) is 5. The van der Waals surface area contributed by atoms with Crippen LogP contribution in [0.5, 0.6) is 11.5 Å². The Labute approximate surface area is 260 Å². The molecule has 4 amide bonds. The zero-order valence-corrected chi connectivity index (χ0v) is 24.7. The van der Waals surface area contributed by atoms with Gasteiger partial charge in [0, 0.05) is 24.2 Å². The van der Waals surface area contributed by atoms with Gasteiger partial charge in [-0.3, -0.25) is 19.2 Å². The van der Waals surface area contributed by atoms with Crippen molar-refractivity contribution < 1.29 is 29.0 Å². The molecule has 45 heavy (non-hydrogen) atoms. The predicted octanol–water partition coefficient (Wildman–Crippen LogP) is 3.56. The van der Waals surface area contributed by atoms with Gasteiger partial charge in [0.2, 0.25) is 17.7 Å². The molecule has 0 bridgehead atoms. The van der Waals surface area contributed by atoms with Crippen LogP contribution in [-0.4, -0.2) is 40.8 Å². The van der Waals surface area contributed by atoms with E-state index in [0.717, 1.165) is 5.56 Å². The third kappa shape index (κ3) is 7.73. The number of amides is 4. The van der Waals surface area contributed by atoms with E-state index < -0.39 is 47.7 Å². The molecule has 230 valence electrons. The van der Waals surface area contributed by atoms with Gasteiger partial charge in [-0.1, -0.05) is 78.9 Å². The zero-order chi connectivity index (χ0) is 31.8. The number of rotatable bonds is 12. The van der Waals surface area contributed by atoms with Crippen LogP contribution in [0.3, 0.4) is 0 Å². The summed E-state index contributed by atoms with van der Waals surface area (Å²) < 4.78 is 5.84. The van der Waals surface area contributed by atoms with E-state index in [9.17, 15) is 24.3 Å². The Balaban J connectivity index is 1.24. The molecule has 4 aromatic carbocycles. The monoisotopic (exact) mass is 606 g/mol. The van der Waals surface area contributed by atoms with E-state index in [4.69, 9.17) is 4.74 Å². The molecule has 0 saturated heterocycles. The van der Waals surface area contributed by atoms with Crippen LogP contribution in [0.1, 0.15) is 30.0 Å². The molecule has 1 aliphatic heterocycles. The van der Waals surface area contributed by atoms with Gasteiger partial charge in [0.05, 0.1) is 6.42 Å². The lowest BCUT2D eigenvalue weighted by atomic mass is 9.88. The summed E-state index contributed by atoms with van der Waals surface area (Å²) in [4.78, 5) is 52.4. The Morgan fingerprint density at radius 3 is 2.20 bits per heavy atom. The summed E-state index contributed by atoms with van der Waals surface area (Å²) in [6.07, 6.45) is -0.432. The maximum absolute atomic E-state index is 13.4. The fourth-order valence-electron chi connectivity index (χ4n) is 5.10. The van der Waals surface area contributed by atoms with Crippen molar-refractivity contribution in [1.82, 2.24) is 16.0 Å². The summed E-state index contributed by atoms with van der Waals surface area (Å²) in [5.41, 5.74) is 0.193. The van der Waals surface area contributed by atoms with Crippen LogP contribution < -0.4 is 26.0 Å². The maximum Gasteiger partial charge on any atom is 0.261 e. The highest BCUT2D eigenvalue weighted by Gasteiger charge is 2.48. The van der Waals surface area contributed by atoms with Crippen molar-refractivity contribution >= 4 is 29.3 Å². The van der Waals surface area contributed by atoms with Gasteiger partial charge in [-0.05, 0) is 48.4 Å². The van der Waals surface area contributed by atoms with E-state index in [2.05, 4.69) is 21.3 Å². The minimum Gasteiger partial charge on any atom is -0.457 e. The van der Waals surface area contributed by atoms with Gasteiger partial charge in [-0.2, -0.15) is 0 Å². The van der Waals surface area contributed by atoms with E-state index in [1.54, 1.807) is 48.5 Å². The van der Waals surface area contributed by atoms with E-state index in [0.29, 0.717) is 28.3 Å². The fourth-order valence-corrected chi connectivity index (χ4v) is 5.10. The minimum absolute atomic E-state index is 0.0126. The van der Waals surface area contributed by atoms with Crippen LogP contribution in [0.4, 0.5) is 5.69 Å². The molecule has 5 rings (SSSR count). The number of fused-ring (bicyclic) bond motifs is 1. The number of aliphatic hydroxyl groups is 1. The van der Waals surface area contributed by atoms with Crippen molar-refractivity contribution in [2.45, 2.75) is 44.0 Å². The molecule has 0 aromatic heterocycles. The first-order chi connectivity index (χ1) is 21.7. The molecule has 0 fully saturated rings. The summed E-state index contributed by atoms with van der Waals surface area (Å²) in [6, 6.07) is 29.8. The quantitative estimate of drug-likeness (QED) is 0.167. The van der Waals surface area contributed by atoms with Gasteiger partial charge in [0.1, 0.15) is 23.6 Å². The van der Waals surface area contributed by atoms with Gasteiger partial charge in [-0.25, -0.2) is 0 Å². The third-order valence-corrected chi connectivity index (χ3v) is 7.45. The lowest BCUT2D eigenvalue weighted by Crippen LogP contribution is -2.55. The smallest absolute Gasteiger partial charge is 0.261 e. The molecule has 5 N–H and O–H groups in total. The van der Waals surface area contributed by atoms with Gasteiger partial charge >= 0.3 is 0 Å². The number of benzene rings is 4. The molecule has 1 aliphatic rings. The highest BCUT2D eigenvalue weighted by atomic mass is 16.5. The second-order valence-corrected chi connectivity index (χ2v) is 10.9. The van der Waals surface area contributed by atoms with Crippen LogP contribution in [0.25, 0.3) is 0 Å². The van der Waals surface area contributed by atoms with Crippen LogP contribution in [0.2, 0.25) is 0 Å². The summed E-state index contributed by atoms with van der Waals surface area (Å²) in [5, 5.41) is 22.2. The lowest BCUT2D eigenvalue weighted by molar-refractivity contribution is -0.139. The van der Waals surface area contributed by atoms with Crippen LogP contribution in [0, 0.1) is 0 Å². The van der Waals surface area contributed by atoms with Crippen molar-refractivity contribution in [3.8, 4) is 11.5 Å². The molecule has 3 atom stereocenters. The van der Waals surface area contributed by atoms with Crippen LogP contribution >= 0.6 is 0 Å². The maximum atomic E-state index is 13.4. The number of anilines is 1. The molecule has 0 aliphatic carbocycles. The molecule has 0 unspecified atom stereocenters.